The van der Waals surface area contributed by atoms with E-state index in [4.69, 9.17) is 14.7 Å². The summed E-state index contributed by atoms with van der Waals surface area (Å²) in [6, 6.07) is 23.6. The lowest BCUT2D eigenvalue weighted by atomic mass is 10.1. The summed E-state index contributed by atoms with van der Waals surface area (Å²) >= 11 is 0. The molecule has 3 rings (SSSR count). The molecule has 1 N–H and O–H groups in total. The van der Waals surface area contributed by atoms with E-state index in [1.165, 1.54) is 5.69 Å². The molecular weight excluding hydrogens is 629 g/mol. The molecule has 0 saturated carbocycles. The monoisotopic (exact) mass is 669 g/mol. The van der Waals surface area contributed by atoms with Crippen molar-refractivity contribution in [1.29, 1.82) is 5.26 Å². The molecule has 0 saturated heterocycles. The van der Waals surface area contributed by atoms with Crippen LogP contribution >= 0.6 is 0 Å². The molecule has 218 valence electrons. The van der Waals surface area contributed by atoms with Gasteiger partial charge in [0.15, 0.2) is 0 Å². The van der Waals surface area contributed by atoms with Crippen LogP contribution in [-0.2, 0) is 11.2 Å². The van der Waals surface area contributed by atoms with E-state index in [2.05, 4.69) is 38.6 Å². The van der Waals surface area contributed by atoms with Crippen molar-refractivity contribution in [2.24, 2.45) is 0 Å². The van der Waals surface area contributed by atoms with E-state index in [1.54, 1.807) is 48.5 Å². The predicted molar refractivity (Wildman–Crippen MR) is 158 cm³/mol. The fourth-order valence-electron chi connectivity index (χ4n) is 4.11. The Bertz CT molecular complexity index is 1260. The van der Waals surface area contributed by atoms with Gasteiger partial charge in [0.1, 0.15) is 17.2 Å². The van der Waals surface area contributed by atoms with Gasteiger partial charge in [-0.15, -0.1) is 0 Å². The van der Waals surface area contributed by atoms with Crippen molar-refractivity contribution in [2.75, 3.05) is 34.3 Å². The summed E-state index contributed by atoms with van der Waals surface area (Å²) in [5.74, 6) is 0.778. The molecule has 0 aromatic heterocycles. The Balaban J connectivity index is 0.00000588. The SMILES string of the molecule is C[N+](C)(C)c1ccc(CC(=O)NCCCCCCCCOc2ccc(OC(=O)c3ccc(C#N)cc3)cc2)cc1.[I-]. The standard InChI is InChI=1S/C33H39N3O4.HI/c1-36(2,3)29-16-12-26(13-17-29)24-32(37)35-22-8-6-4-5-7-9-23-39-30-18-20-31(21-19-30)40-33(38)28-14-10-27(25-34)11-15-28;/h10-21H,4-9,22-24H2,1-3H3;1H. The number of hydrogen-bond acceptors (Lipinski definition) is 5. The lowest BCUT2D eigenvalue weighted by Gasteiger charge is -2.23. The molecule has 0 radical (unpaired) electrons. The number of unbranched alkanes of at least 4 members (excludes halogenated alkanes) is 5. The van der Waals surface area contributed by atoms with Crippen LogP contribution in [0.3, 0.4) is 0 Å². The predicted octanol–water partition coefficient (Wildman–Crippen LogP) is 3.06. The second-order valence-electron chi connectivity index (χ2n) is 10.7. The van der Waals surface area contributed by atoms with Crippen molar-refractivity contribution in [3.8, 4) is 17.6 Å². The second-order valence-corrected chi connectivity index (χ2v) is 10.7. The van der Waals surface area contributed by atoms with Crippen molar-refractivity contribution in [3.05, 3.63) is 89.5 Å². The fourth-order valence-corrected chi connectivity index (χ4v) is 4.11. The van der Waals surface area contributed by atoms with E-state index in [0.717, 1.165) is 60.9 Å². The minimum Gasteiger partial charge on any atom is -1.00 e. The molecule has 41 heavy (non-hydrogen) atoms. The van der Waals surface area contributed by atoms with Crippen LogP contribution in [0.1, 0.15) is 60.0 Å². The largest absolute Gasteiger partial charge is 1.00 e. The van der Waals surface area contributed by atoms with Gasteiger partial charge in [-0.2, -0.15) is 5.26 Å². The number of carbonyl (C=O) groups is 2. The molecule has 7 nitrogen and oxygen atoms in total. The number of ether oxygens (including phenoxy) is 2. The summed E-state index contributed by atoms with van der Waals surface area (Å²) in [6.45, 7) is 1.36. The molecular formula is C33H40IN3O4. The Morgan fingerprint density at radius 3 is 1.98 bits per heavy atom. The molecule has 0 unspecified atom stereocenters. The summed E-state index contributed by atoms with van der Waals surface area (Å²) in [6.07, 6.45) is 6.85. The minimum absolute atomic E-state index is 0. The highest BCUT2D eigenvalue weighted by molar-refractivity contribution is 5.91. The quantitative estimate of drug-likeness (QED) is 0.0885. The van der Waals surface area contributed by atoms with E-state index < -0.39 is 5.97 Å². The van der Waals surface area contributed by atoms with Crippen LogP contribution in [0.2, 0.25) is 0 Å². The Morgan fingerprint density at radius 2 is 1.37 bits per heavy atom. The van der Waals surface area contributed by atoms with Crippen LogP contribution in [0.5, 0.6) is 11.5 Å². The zero-order chi connectivity index (χ0) is 28.8. The second kappa shape index (κ2) is 17.4. The molecule has 0 atom stereocenters. The maximum absolute atomic E-state index is 12.2. The van der Waals surface area contributed by atoms with Crippen molar-refractivity contribution in [1.82, 2.24) is 9.80 Å². The van der Waals surface area contributed by atoms with Crippen molar-refractivity contribution >= 4 is 17.6 Å². The Kier molecular flexibility index (Phi) is 14.3. The molecule has 0 fully saturated rings. The fraction of sp³-hybridized carbons (Fsp3) is 0.364. The normalized spacial score (nSPS) is 10.7. The first kappa shape index (κ1) is 33.8. The molecule has 3 aromatic rings. The van der Waals surface area contributed by atoms with Gasteiger partial charge in [-0.1, -0.05) is 37.8 Å². The first-order valence-electron chi connectivity index (χ1n) is 13.9. The lowest BCUT2D eigenvalue weighted by molar-refractivity contribution is -0.120. The Hall–Kier alpha value is -3.42. The number of carbonyl (C=O) groups excluding carboxylic acids is 2. The summed E-state index contributed by atoms with van der Waals surface area (Å²) in [5.41, 5.74) is 3.14. The van der Waals surface area contributed by atoms with Gasteiger partial charge in [0, 0.05) is 6.54 Å². The summed E-state index contributed by atoms with van der Waals surface area (Å²) in [4.78, 5) is 24.4. The van der Waals surface area contributed by atoms with E-state index in [-0.39, 0.29) is 29.9 Å². The molecule has 3 aromatic carbocycles. The van der Waals surface area contributed by atoms with Crippen molar-refractivity contribution in [2.45, 2.75) is 44.9 Å². The highest BCUT2D eigenvalue weighted by Gasteiger charge is 2.12. The average molecular weight is 670 g/mol. The van der Waals surface area contributed by atoms with Gasteiger partial charge in [0.05, 0.1) is 51.4 Å². The summed E-state index contributed by atoms with van der Waals surface area (Å²) < 4.78 is 11.9. The van der Waals surface area contributed by atoms with Gasteiger partial charge in [-0.3, -0.25) is 9.28 Å². The number of nitriles is 1. The number of halogens is 1. The van der Waals surface area contributed by atoms with E-state index in [9.17, 15) is 9.59 Å². The maximum atomic E-state index is 12.2. The molecule has 0 aliphatic rings. The first-order chi connectivity index (χ1) is 19.2. The van der Waals surface area contributed by atoms with Crippen molar-refractivity contribution in [3.63, 3.8) is 0 Å². The van der Waals surface area contributed by atoms with E-state index >= 15 is 0 Å². The third-order valence-corrected chi connectivity index (χ3v) is 6.52. The van der Waals surface area contributed by atoms with Crippen LogP contribution in [0.4, 0.5) is 5.69 Å². The number of benzene rings is 3. The highest BCUT2D eigenvalue weighted by atomic mass is 127. The molecule has 0 aliphatic carbocycles. The number of amides is 1. The Morgan fingerprint density at radius 1 is 0.780 bits per heavy atom. The van der Waals surface area contributed by atoms with Crippen LogP contribution in [0.15, 0.2) is 72.8 Å². The van der Waals surface area contributed by atoms with Crippen LogP contribution < -0.4 is 43.3 Å². The number of esters is 1. The molecule has 1 amide bonds. The number of hydrogen-bond donors (Lipinski definition) is 1. The summed E-state index contributed by atoms with van der Waals surface area (Å²) in [7, 11) is 6.38. The number of quaternary nitrogens is 1. The highest BCUT2D eigenvalue weighted by Crippen LogP contribution is 2.20. The first-order valence-corrected chi connectivity index (χ1v) is 13.9. The molecule has 8 heteroatoms. The van der Waals surface area contributed by atoms with Gasteiger partial charge in [0.25, 0.3) is 0 Å². The van der Waals surface area contributed by atoms with Gasteiger partial charge < -0.3 is 38.8 Å². The van der Waals surface area contributed by atoms with Gasteiger partial charge in [-0.05, 0) is 79.1 Å². The number of nitrogens with one attached hydrogen (secondary N) is 1. The zero-order valence-corrected chi connectivity index (χ0v) is 26.4. The minimum atomic E-state index is -0.470. The van der Waals surface area contributed by atoms with Gasteiger partial charge in [-0.25, -0.2) is 4.79 Å². The topological polar surface area (TPSA) is 88.4 Å². The third kappa shape index (κ3) is 12.3. The average Bonchev–Trinajstić information content (AvgIpc) is 2.94. The van der Waals surface area contributed by atoms with E-state index in [0.29, 0.717) is 29.9 Å². The zero-order valence-electron chi connectivity index (χ0n) is 24.2. The van der Waals surface area contributed by atoms with Crippen LogP contribution in [-0.4, -0.2) is 46.2 Å². The maximum Gasteiger partial charge on any atom is 0.343 e. The summed E-state index contributed by atoms with van der Waals surface area (Å²) in [5, 5.41) is 11.9. The third-order valence-electron chi connectivity index (χ3n) is 6.52. The number of nitrogens with zero attached hydrogens (tertiary/aromatic N) is 2. The van der Waals surface area contributed by atoms with Crippen molar-refractivity contribution < 1.29 is 43.0 Å². The number of rotatable bonds is 15. The Labute approximate surface area is 261 Å². The van der Waals surface area contributed by atoms with E-state index in [1.807, 2.05) is 18.2 Å². The molecule has 0 bridgehead atoms. The van der Waals surface area contributed by atoms with Gasteiger partial charge >= 0.3 is 5.97 Å². The molecule has 0 spiro atoms. The molecule has 0 heterocycles. The smallest absolute Gasteiger partial charge is 0.343 e. The van der Waals surface area contributed by atoms with Gasteiger partial charge in [0.2, 0.25) is 5.91 Å². The lowest BCUT2D eigenvalue weighted by Crippen LogP contribution is -3.00. The van der Waals surface area contributed by atoms with Crippen LogP contribution in [0.25, 0.3) is 0 Å². The molecule has 0 aliphatic heterocycles. The van der Waals surface area contributed by atoms with Crippen LogP contribution in [0, 0.1) is 11.3 Å².